The van der Waals surface area contributed by atoms with Gasteiger partial charge in [-0.2, -0.15) is 0 Å². The van der Waals surface area contributed by atoms with Crippen molar-refractivity contribution in [2.24, 2.45) is 0 Å². The van der Waals surface area contributed by atoms with Crippen LogP contribution in [0, 0.1) is 0 Å². The number of carbonyl (C=O) groups is 2. The first-order valence-electron chi connectivity index (χ1n) is 7.77. The van der Waals surface area contributed by atoms with Gasteiger partial charge in [0.25, 0.3) is 5.91 Å². The van der Waals surface area contributed by atoms with Crippen LogP contribution >= 0.6 is 0 Å². The summed E-state index contributed by atoms with van der Waals surface area (Å²) in [4.78, 5) is 23.6. The Morgan fingerprint density at radius 2 is 1.46 bits per heavy atom. The van der Waals surface area contributed by atoms with Crippen molar-refractivity contribution in [1.29, 1.82) is 0 Å². The molecule has 2 rings (SSSR count). The van der Waals surface area contributed by atoms with Crippen molar-refractivity contribution in [2.45, 2.75) is 31.2 Å². The van der Waals surface area contributed by atoms with Crippen LogP contribution in [0.4, 0.5) is 5.69 Å². The minimum atomic E-state index is -3.67. The van der Waals surface area contributed by atoms with E-state index in [4.69, 9.17) is 5.11 Å². The lowest BCUT2D eigenvalue weighted by molar-refractivity contribution is 0.0692. The summed E-state index contributed by atoms with van der Waals surface area (Å²) in [6, 6.07) is 11.5. The highest BCUT2D eigenvalue weighted by molar-refractivity contribution is 7.89. The van der Waals surface area contributed by atoms with Crippen LogP contribution in [0.15, 0.2) is 53.4 Å². The molecule has 0 heterocycles. The molecule has 3 N–H and O–H groups in total. The molecular formula is C18H20N2O5S. The quantitative estimate of drug-likeness (QED) is 0.743. The number of benzene rings is 2. The van der Waals surface area contributed by atoms with Crippen LogP contribution in [0.25, 0.3) is 0 Å². The number of aromatic carboxylic acids is 1. The molecule has 0 saturated heterocycles. The van der Waals surface area contributed by atoms with E-state index in [0.717, 1.165) is 0 Å². The van der Waals surface area contributed by atoms with Gasteiger partial charge in [-0.3, -0.25) is 4.79 Å². The Bertz CT molecular complexity index is 929. The highest BCUT2D eigenvalue weighted by atomic mass is 32.2. The fraction of sp³-hybridized carbons (Fsp3) is 0.222. The molecule has 26 heavy (non-hydrogen) atoms. The second-order valence-corrected chi connectivity index (χ2v) is 8.37. The largest absolute Gasteiger partial charge is 0.478 e. The van der Waals surface area contributed by atoms with Gasteiger partial charge >= 0.3 is 5.97 Å². The highest BCUT2D eigenvalue weighted by Crippen LogP contribution is 2.18. The fourth-order valence-corrected chi connectivity index (χ4v) is 3.66. The Labute approximate surface area is 152 Å². The Hall–Kier alpha value is -2.71. The summed E-state index contributed by atoms with van der Waals surface area (Å²) < 4.78 is 27.1. The molecule has 0 aliphatic heterocycles. The van der Waals surface area contributed by atoms with Gasteiger partial charge < -0.3 is 10.4 Å². The summed E-state index contributed by atoms with van der Waals surface area (Å²) in [6.07, 6.45) is 0. The second kappa shape index (κ2) is 7.27. The fourth-order valence-electron chi connectivity index (χ4n) is 2.25. The summed E-state index contributed by atoms with van der Waals surface area (Å²) in [6.45, 7) is 5.21. The molecule has 0 aliphatic carbocycles. The lowest BCUT2D eigenvalue weighted by Crippen LogP contribution is -2.40. The monoisotopic (exact) mass is 376 g/mol. The third-order valence-corrected chi connectivity index (χ3v) is 5.04. The molecule has 0 unspecified atom stereocenters. The second-order valence-electron chi connectivity index (χ2n) is 6.68. The van der Waals surface area contributed by atoms with Crippen LogP contribution in [0.5, 0.6) is 0 Å². The standard InChI is InChI=1S/C18H20N2O5S/c1-18(2,3)20-26(24,25)13-10-8-12(9-11-13)19-16(21)14-6-4-5-7-15(14)17(22)23/h4-11,20H,1-3H3,(H,19,21)(H,22,23). The SMILES string of the molecule is CC(C)(C)NS(=O)(=O)c1ccc(NC(=O)c2ccccc2C(=O)O)cc1. The first kappa shape index (κ1) is 19.6. The zero-order valence-corrected chi connectivity index (χ0v) is 15.4. The van der Waals surface area contributed by atoms with Crippen molar-refractivity contribution >= 4 is 27.6 Å². The number of hydrogen-bond acceptors (Lipinski definition) is 4. The van der Waals surface area contributed by atoms with Gasteiger partial charge in [-0.25, -0.2) is 17.9 Å². The number of anilines is 1. The van der Waals surface area contributed by atoms with E-state index in [1.807, 2.05) is 0 Å². The Morgan fingerprint density at radius 1 is 0.923 bits per heavy atom. The van der Waals surface area contributed by atoms with Crippen LogP contribution in [0.1, 0.15) is 41.5 Å². The molecule has 7 nitrogen and oxygen atoms in total. The number of carboxylic acids is 1. The number of sulfonamides is 1. The van der Waals surface area contributed by atoms with Crippen molar-refractivity contribution in [2.75, 3.05) is 5.32 Å². The molecule has 1 amide bonds. The molecule has 2 aromatic carbocycles. The van der Waals surface area contributed by atoms with Gasteiger partial charge in [0.15, 0.2) is 0 Å². The van der Waals surface area contributed by atoms with Gasteiger partial charge in [0.05, 0.1) is 16.0 Å². The van der Waals surface area contributed by atoms with E-state index in [1.165, 1.54) is 42.5 Å². The Kier molecular flexibility index (Phi) is 5.48. The van der Waals surface area contributed by atoms with Crippen molar-refractivity contribution in [1.82, 2.24) is 4.72 Å². The van der Waals surface area contributed by atoms with Crippen molar-refractivity contribution in [3.8, 4) is 0 Å². The van der Waals surface area contributed by atoms with Gasteiger partial charge in [0.1, 0.15) is 0 Å². The summed E-state index contributed by atoms with van der Waals surface area (Å²) in [7, 11) is -3.67. The number of carboxylic acid groups (broad SMARTS) is 1. The number of amides is 1. The molecule has 0 saturated carbocycles. The smallest absolute Gasteiger partial charge is 0.336 e. The summed E-state index contributed by atoms with van der Waals surface area (Å²) in [5.74, 6) is -1.79. The summed E-state index contributed by atoms with van der Waals surface area (Å²) in [5, 5.41) is 11.7. The maximum absolute atomic E-state index is 12.3. The highest BCUT2D eigenvalue weighted by Gasteiger charge is 2.22. The van der Waals surface area contributed by atoms with E-state index < -0.39 is 27.4 Å². The number of rotatable bonds is 5. The molecule has 0 bridgehead atoms. The minimum absolute atomic E-state index is 0.0195. The van der Waals surface area contributed by atoms with Crippen LogP contribution in [-0.2, 0) is 10.0 Å². The van der Waals surface area contributed by atoms with Crippen LogP contribution in [0.2, 0.25) is 0 Å². The van der Waals surface area contributed by atoms with E-state index >= 15 is 0 Å². The van der Waals surface area contributed by atoms with Gasteiger partial charge in [0, 0.05) is 11.2 Å². The molecule has 0 aromatic heterocycles. The predicted molar refractivity (Wildman–Crippen MR) is 97.9 cm³/mol. The molecule has 138 valence electrons. The lowest BCUT2D eigenvalue weighted by Gasteiger charge is -2.20. The number of nitrogens with one attached hydrogen (secondary N) is 2. The van der Waals surface area contributed by atoms with Crippen LogP contribution in [-0.4, -0.2) is 30.9 Å². The maximum atomic E-state index is 12.3. The molecule has 0 aliphatic rings. The topological polar surface area (TPSA) is 113 Å². The van der Waals surface area contributed by atoms with E-state index in [-0.39, 0.29) is 16.0 Å². The number of carbonyl (C=O) groups excluding carboxylic acids is 1. The molecule has 0 spiro atoms. The van der Waals surface area contributed by atoms with Crippen molar-refractivity contribution in [3.63, 3.8) is 0 Å². The van der Waals surface area contributed by atoms with Crippen molar-refractivity contribution < 1.29 is 23.1 Å². The normalized spacial score (nSPS) is 11.8. The summed E-state index contributed by atoms with van der Waals surface area (Å²) in [5.41, 5.74) is -0.360. The van der Waals surface area contributed by atoms with Gasteiger partial charge in [-0.15, -0.1) is 0 Å². The average molecular weight is 376 g/mol. The summed E-state index contributed by atoms with van der Waals surface area (Å²) >= 11 is 0. The first-order chi connectivity index (χ1) is 12.0. The Morgan fingerprint density at radius 3 is 1.96 bits per heavy atom. The van der Waals surface area contributed by atoms with E-state index in [2.05, 4.69) is 10.0 Å². The van der Waals surface area contributed by atoms with E-state index in [9.17, 15) is 18.0 Å². The third-order valence-electron chi connectivity index (χ3n) is 3.27. The Balaban J connectivity index is 2.20. The van der Waals surface area contributed by atoms with Gasteiger partial charge in [-0.05, 0) is 57.2 Å². The number of hydrogen-bond donors (Lipinski definition) is 3. The van der Waals surface area contributed by atoms with E-state index in [1.54, 1.807) is 26.8 Å². The van der Waals surface area contributed by atoms with Crippen LogP contribution in [0.3, 0.4) is 0 Å². The minimum Gasteiger partial charge on any atom is -0.478 e. The molecule has 0 atom stereocenters. The van der Waals surface area contributed by atoms with E-state index in [0.29, 0.717) is 5.69 Å². The molecule has 8 heteroatoms. The van der Waals surface area contributed by atoms with Gasteiger partial charge in [-0.1, -0.05) is 12.1 Å². The first-order valence-corrected chi connectivity index (χ1v) is 9.26. The maximum Gasteiger partial charge on any atom is 0.336 e. The zero-order chi connectivity index (χ0) is 19.5. The zero-order valence-electron chi connectivity index (χ0n) is 14.6. The molecule has 0 fully saturated rings. The van der Waals surface area contributed by atoms with Gasteiger partial charge in [0.2, 0.25) is 10.0 Å². The van der Waals surface area contributed by atoms with Crippen LogP contribution < -0.4 is 10.0 Å². The molecule has 0 radical (unpaired) electrons. The molecular weight excluding hydrogens is 356 g/mol. The average Bonchev–Trinajstić information content (AvgIpc) is 2.53. The predicted octanol–water partition coefficient (Wildman–Crippen LogP) is 2.71. The van der Waals surface area contributed by atoms with Crippen molar-refractivity contribution in [3.05, 3.63) is 59.7 Å². The lowest BCUT2D eigenvalue weighted by atomic mass is 10.1. The third kappa shape index (κ3) is 4.90. The molecule has 2 aromatic rings.